The van der Waals surface area contributed by atoms with Gasteiger partial charge in [-0.2, -0.15) is 0 Å². The maximum absolute atomic E-state index is 4.10. The number of hydrogen-bond donors (Lipinski definition) is 1. The van der Waals surface area contributed by atoms with E-state index >= 15 is 0 Å². The first kappa shape index (κ1) is 9.66. The zero-order chi connectivity index (χ0) is 9.64. The number of nitrogens with zero attached hydrogens (tertiary/aromatic N) is 1. The van der Waals surface area contributed by atoms with Crippen LogP contribution in [-0.4, -0.2) is 11.5 Å². The number of pyridine rings is 1. The predicted octanol–water partition coefficient (Wildman–Crippen LogP) is 2.36. The topological polar surface area (TPSA) is 24.9 Å². The molecular weight excluding hydrogens is 172 g/mol. The first-order valence-electron chi connectivity index (χ1n) is 5.55. The van der Waals surface area contributed by atoms with E-state index in [0.29, 0.717) is 0 Å². The number of rotatable bonds is 4. The largest absolute Gasteiger partial charge is 0.312 e. The fourth-order valence-corrected chi connectivity index (χ4v) is 2.14. The molecule has 14 heavy (non-hydrogen) atoms. The SMILES string of the molecule is c1cncc(CNCC2CCCC2)c1. The predicted molar refractivity (Wildman–Crippen MR) is 57.9 cm³/mol. The highest BCUT2D eigenvalue weighted by molar-refractivity contribution is 5.07. The summed E-state index contributed by atoms with van der Waals surface area (Å²) in [5.74, 6) is 0.923. The highest BCUT2D eigenvalue weighted by Crippen LogP contribution is 2.23. The van der Waals surface area contributed by atoms with Crippen molar-refractivity contribution in [3.63, 3.8) is 0 Å². The molecule has 0 amide bonds. The van der Waals surface area contributed by atoms with E-state index < -0.39 is 0 Å². The molecule has 0 aromatic carbocycles. The first-order valence-corrected chi connectivity index (χ1v) is 5.55. The van der Waals surface area contributed by atoms with Crippen LogP contribution in [0.3, 0.4) is 0 Å². The van der Waals surface area contributed by atoms with Crippen molar-refractivity contribution in [2.45, 2.75) is 32.2 Å². The van der Waals surface area contributed by atoms with Crippen LogP contribution in [0, 0.1) is 5.92 Å². The maximum atomic E-state index is 4.10. The minimum absolute atomic E-state index is 0.923. The Morgan fingerprint density at radius 1 is 1.36 bits per heavy atom. The second-order valence-corrected chi connectivity index (χ2v) is 4.14. The van der Waals surface area contributed by atoms with Gasteiger partial charge in [0.25, 0.3) is 0 Å². The Morgan fingerprint density at radius 3 is 2.93 bits per heavy atom. The lowest BCUT2D eigenvalue weighted by molar-refractivity contribution is 0.489. The second kappa shape index (κ2) is 5.11. The van der Waals surface area contributed by atoms with Crippen LogP contribution < -0.4 is 5.32 Å². The third-order valence-electron chi connectivity index (χ3n) is 2.96. The van der Waals surface area contributed by atoms with Crippen LogP contribution in [0.1, 0.15) is 31.2 Å². The van der Waals surface area contributed by atoms with Gasteiger partial charge in [0.15, 0.2) is 0 Å². The Balaban J connectivity index is 1.67. The molecule has 1 aliphatic carbocycles. The zero-order valence-electron chi connectivity index (χ0n) is 8.58. The van der Waals surface area contributed by atoms with Gasteiger partial charge in [0.2, 0.25) is 0 Å². The molecule has 1 N–H and O–H groups in total. The molecule has 0 atom stereocenters. The number of aromatic nitrogens is 1. The molecule has 1 fully saturated rings. The highest BCUT2D eigenvalue weighted by atomic mass is 14.9. The normalized spacial score (nSPS) is 17.4. The molecule has 0 saturated heterocycles. The summed E-state index contributed by atoms with van der Waals surface area (Å²) in [7, 11) is 0. The van der Waals surface area contributed by atoms with E-state index in [2.05, 4.69) is 16.4 Å². The van der Waals surface area contributed by atoms with Crippen LogP contribution in [0.4, 0.5) is 0 Å². The molecular formula is C12H18N2. The fraction of sp³-hybridized carbons (Fsp3) is 0.583. The molecule has 2 heteroatoms. The monoisotopic (exact) mass is 190 g/mol. The Hall–Kier alpha value is -0.890. The Bertz CT molecular complexity index is 252. The summed E-state index contributed by atoms with van der Waals surface area (Å²) >= 11 is 0. The van der Waals surface area contributed by atoms with Gasteiger partial charge in [0.1, 0.15) is 0 Å². The summed E-state index contributed by atoms with van der Waals surface area (Å²) in [5.41, 5.74) is 1.28. The molecule has 2 nitrogen and oxygen atoms in total. The van der Waals surface area contributed by atoms with Crippen LogP contribution in [0.25, 0.3) is 0 Å². The van der Waals surface area contributed by atoms with Crippen LogP contribution in [-0.2, 0) is 6.54 Å². The average molecular weight is 190 g/mol. The van der Waals surface area contributed by atoms with Gasteiger partial charge >= 0.3 is 0 Å². The van der Waals surface area contributed by atoms with E-state index in [1.54, 1.807) is 0 Å². The van der Waals surface area contributed by atoms with Crippen molar-refractivity contribution in [1.82, 2.24) is 10.3 Å². The molecule has 2 rings (SSSR count). The van der Waals surface area contributed by atoms with Crippen LogP contribution in [0.15, 0.2) is 24.5 Å². The van der Waals surface area contributed by atoms with Crippen molar-refractivity contribution in [2.75, 3.05) is 6.54 Å². The van der Waals surface area contributed by atoms with Gasteiger partial charge in [0.05, 0.1) is 0 Å². The van der Waals surface area contributed by atoms with E-state index in [9.17, 15) is 0 Å². The Labute approximate surface area is 85.7 Å². The molecule has 0 spiro atoms. The third-order valence-corrected chi connectivity index (χ3v) is 2.96. The lowest BCUT2D eigenvalue weighted by atomic mass is 10.1. The molecule has 0 aliphatic heterocycles. The van der Waals surface area contributed by atoms with Gasteiger partial charge in [-0.05, 0) is 36.9 Å². The van der Waals surface area contributed by atoms with Gasteiger partial charge in [0, 0.05) is 18.9 Å². The van der Waals surface area contributed by atoms with Crippen LogP contribution >= 0.6 is 0 Å². The minimum Gasteiger partial charge on any atom is -0.312 e. The molecule has 1 heterocycles. The summed E-state index contributed by atoms with van der Waals surface area (Å²) in [5, 5.41) is 3.50. The van der Waals surface area contributed by atoms with E-state index in [0.717, 1.165) is 12.5 Å². The quantitative estimate of drug-likeness (QED) is 0.788. The Kier molecular flexibility index (Phi) is 3.52. The molecule has 1 saturated carbocycles. The third kappa shape index (κ3) is 2.81. The lowest BCUT2D eigenvalue weighted by Gasteiger charge is -2.09. The summed E-state index contributed by atoms with van der Waals surface area (Å²) in [6, 6.07) is 4.11. The van der Waals surface area contributed by atoms with Crippen molar-refractivity contribution in [2.24, 2.45) is 5.92 Å². The standard InChI is InChI=1S/C12H18N2/c1-2-5-11(4-1)8-14-10-12-6-3-7-13-9-12/h3,6-7,9,11,14H,1-2,4-5,8,10H2. The van der Waals surface area contributed by atoms with Crippen molar-refractivity contribution in [3.8, 4) is 0 Å². The van der Waals surface area contributed by atoms with Crippen LogP contribution in [0.5, 0.6) is 0 Å². The first-order chi connectivity index (χ1) is 6.95. The molecule has 1 aromatic heterocycles. The zero-order valence-corrected chi connectivity index (χ0v) is 8.58. The van der Waals surface area contributed by atoms with Gasteiger partial charge in [-0.3, -0.25) is 4.98 Å². The number of hydrogen-bond acceptors (Lipinski definition) is 2. The highest BCUT2D eigenvalue weighted by Gasteiger charge is 2.13. The summed E-state index contributed by atoms with van der Waals surface area (Å²) in [6.07, 6.45) is 9.45. The molecule has 1 aromatic rings. The minimum atomic E-state index is 0.923. The summed E-state index contributed by atoms with van der Waals surface area (Å²) < 4.78 is 0. The smallest absolute Gasteiger partial charge is 0.0312 e. The summed E-state index contributed by atoms with van der Waals surface area (Å²) in [4.78, 5) is 4.10. The fourth-order valence-electron chi connectivity index (χ4n) is 2.14. The lowest BCUT2D eigenvalue weighted by Crippen LogP contribution is -2.20. The molecule has 1 aliphatic rings. The Morgan fingerprint density at radius 2 is 2.21 bits per heavy atom. The van der Waals surface area contributed by atoms with E-state index in [4.69, 9.17) is 0 Å². The molecule has 0 radical (unpaired) electrons. The van der Waals surface area contributed by atoms with Gasteiger partial charge in [-0.15, -0.1) is 0 Å². The van der Waals surface area contributed by atoms with Crippen molar-refractivity contribution < 1.29 is 0 Å². The van der Waals surface area contributed by atoms with Gasteiger partial charge < -0.3 is 5.32 Å². The maximum Gasteiger partial charge on any atom is 0.0312 e. The van der Waals surface area contributed by atoms with Crippen molar-refractivity contribution >= 4 is 0 Å². The summed E-state index contributed by atoms with van der Waals surface area (Å²) in [6.45, 7) is 2.14. The molecule has 76 valence electrons. The average Bonchev–Trinajstić information content (AvgIpc) is 2.72. The van der Waals surface area contributed by atoms with Crippen molar-refractivity contribution in [3.05, 3.63) is 30.1 Å². The van der Waals surface area contributed by atoms with Gasteiger partial charge in [-0.25, -0.2) is 0 Å². The van der Waals surface area contributed by atoms with Crippen molar-refractivity contribution in [1.29, 1.82) is 0 Å². The van der Waals surface area contributed by atoms with Gasteiger partial charge in [-0.1, -0.05) is 18.9 Å². The van der Waals surface area contributed by atoms with E-state index in [-0.39, 0.29) is 0 Å². The molecule has 0 bridgehead atoms. The second-order valence-electron chi connectivity index (χ2n) is 4.14. The number of nitrogens with one attached hydrogen (secondary N) is 1. The van der Waals surface area contributed by atoms with E-state index in [1.807, 2.05) is 18.5 Å². The van der Waals surface area contributed by atoms with E-state index in [1.165, 1.54) is 37.8 Å². The van der Waals surface area contributed by atoms with Crippen LogP contribution in [0.2, 0.25) is 0 Å². The molecule has 0 unspecified atom stereocenters.